The molecule has 3 nitrogen and oxygen atoms in total. The Bertz CT molecular complexity index is 696. The number of nitrogens with zero attached hydrogens (tertiary/aromatic N) is 1. The van der Waals surface area contributed by atoms with Crippen LogP contribution in [0.4, 0.5) is 5.13 Å². The van der Waals surface area contributed by atoms with E-state index in [4.69, 9.17) is 35.4 Å². The van der Waals surface area contributed by atoms with Gasteiger partial charge in [0.2, 0.25) is 0 Å². The van der Waals surface area contributed by atoms with E-state index in [1.54, 1.807) is 6.07 Å². The molecule has 1 aliphatic carbocycles. The zero-order valence-corrected chi connectivity index (χ0v) is 15.6. The van der Waals surface area contributed by atoms with E-state index in [-0.39, 0.29) is 0 Å². The lowest BCUT2D eigenvalue weighted by Gasteiger charge is -2.23. The summed E-state index contributed by atoms with van der Waals surface area (Å²) in [6, 6.07) is 5.89. The summed E-state index contributed by atoms with van der Waals surface area (Å²) in [7, 11) is 0. The van der Waals surface area contributed by atoms with Crippen molar-refractivity contribution in [3.05, 3.63) is 33.6 Å². The molecule has 0 amide bonds. The molecule has 1 aromatic heterocycles. The SMILES string of the molecule is S=C(Nc1nc(-c2ccc(Cl)cc2Cl)cs1)NC1CCCCC1. The normalized spacial score (nSPS) is 15.4. The predicted octanol–water partition coefficient (Wildman–Crippen LogP) is 5.74. The van der Waals surface area contributed by atoms with Crippen LogP contribution in [-0.2, 0) is 0 Å². The molecule has 1 aromatic carbocycles. The standard InChI is InChI=1S/C16H17Cl2N3S2/c17-10-6-7-12(13(18)8-10)14-9-23-16(20-14)21-15(22)19-11-4-2-1-3-5-11/h6-9,11H,1-5H2,(H2,19,20,21,22). The van der Waals surface area contributed by atoms with Gasteiger partial charge in [-0.3, -0.25) is 0 Å². The first-order valence-electron chi connectivity index (χ1n) is 7.60. The van der Waals surface area contributed by atoms with Crippen molar-refractivity contribution >= 4 is 57.0 Å². The van der Waals surface area contributed by atoms with Gasteiger partial charge in [0.05, 0.1) is 10.7 Å². The van der Waals surface area contributed by atoms with Gasteiger partial charge >= 0.3 is 0 Å². The second kappa shape index (κ2) is 7.79. The largest absolute Gasteiger partial charge is 0.360 e. The van der Waals surface area contributed by atoms with E-state index >= 15 is 0 Å². The number of hydrogen-bond donors (Lipinski definition) is 2. The Hall–Kier alpha value is -0.880. The fourth-order valence-electron chi connectivity index (χ4n) is 2.72. The lowest BCUT2D eigenvalue weighted by atomic mass is 9.96. The average molecular weight is 386 g/mol. The predicted molar refractivity (Wildman–Crippen MR) is 104 cm³/mol. The summed E-state index contributed by atoms with van der Waals surface area (Å²) in [5.41, 5.74) is 1.69. The summed E-state index contributed by atoms with van der Waals surface area (Å²) in [4.78, 5) is 4.56. The first kappa shape index (κ1) is 17.0. The van der Waals surface area contributed by atoms with E-state index in [0.717, 1.165) is 16.4 Å². The molecule has 1 aliphatic rings. The highest BCUT2D eigenvalue weighted by Gasteiger charge is 2.15. The number of nitrogens with one attached hydrogen (secondary N) is 2. The molecule has 0 saturated heterocycles. The van der Waals surface area contributed by atoms with Crippen LogP contribution in [0.2, 0.25) is 10.0 Å². The summed E-state index contributed by atoms with van der Waals surface area (Å²) in [6.45, 7) is 0. The van der Waals surface area contributed by atoms with Crippen LogP contribution in [0.25, 0.3) is 11.3 Å². The first-order valence-corrected chi connectivity index (χ1v) is 9.64. The monoisotopic (exact) mass is 385 g/mol. The Morgan fingerprint density at radius 2 is 2.00 bits per heavy atom. The third-order valence-corrected chi connectivity index (χ3v) is 5.40. The van der Waals surface area contributed by atoms with Crippen molar-refractivity contribution < 1.29 is 0 Å². The smallest absolute Gasteiger partial charge is 0.189 e. The summed E-state index contributed by atoms with van der Waals surface area (Å²) < 4.78 is 0. The molecule has 7 heteroatoms. The van der Waals surface area contributed by atoms with E-state index in [9.17, 15) is 0 Å². The van der Waals surface area contributed by atoms with Crippen LogP contribution < -0.4 is 10.6 Å². The fraction of sp³-hybridized carbons (Fsp3) is 0.375. The third-order valence-electron chi connectivity index (χ3n) is 3.87. The summed E-state index contributed by atoms with van der Waals surface area (Å²) in [5, 5.41) is 11.1. The molecule has 23 heavy (non-hydrogen) atoms. The van der Waals surface area contributed by atoms with Crippen molar-refractivity contribution in [3.8, 4) is 11.3 Å². The van der Waals surface area contributed by atoms with Crippen molar-refractivity contribution in [2.45, 2.75) is 38.1 Å². The van der Waals surface area contributed by atoms with Crippen molar-refractivity contribution in [3.63, 3.8) is 0 Å². The van der Waals surface area contributed by atoms with Gasteiger partial charge in [0.15, 0.2) is 10.2 Å². The van der Waals surface area contributed by atoms with E-state index in [0.29, 0.717) is 21.2 Å². The maximum atomic E-state index is 6.23. The number of aromatic nitrogens is 1. The van der Waals surface area contributed by atoms with E-state index in [1.807, 2.05) is 17.5 Å². The molecular weight excluding hydrogens is 369 g/mol. The summed E-state index contributed by atoms with van der Waals surface area (Å²) in [6.07, 6.45) is 6.25. The number of benzene rings is 1. The van der Waals surface area contributed by atoms with E-state index in [1.165, 1.54) is 43.4 Å². The molecular formula is C16H17Cl2N3S2. The molecule has 0 aliphatic heterocycles. The summed E-state index contributed by atoms with van der Waals surface area (Å²) >= 11 is 19.1. The zero-order valence-electron chi connectivity index (χ0n) is 12.4. The van der Waals surface area contributed by atoms with Crippen LogP contribution in [0, 0.1) is 0 Å². The highest BCUT2D eigenvalue weighted by Crippen LogP contribution is 2.32. The van der Waals surface area contributed by atoms with Crippen LogP contribution in [-0.4, -0.2) is 16.1 Å². The average Bonchev–Trinajstić information content (AvgIpc) is 2.96. The molecule has 2 aromatic rings. The molecule has 0 unspecified atom stereocenters. The summed E-state index contributed by atoms with van der Waals surface area (Å²) in [5.74, 6) is 0. The first-order chi connectivity index (χ1) is 11.1. The minimum atomic E-state index is 0.480. The molecule has 0 radical (unpaired) electrons. The quantitative estimate of drug-likeness (QED) is 0.660. The van der Waals surface area contributed by atoms with Gasteiger partial charge in [-0.25, -0.2) is 4.98 Å². The highest BCUT2D eigenvalue weighted by atomic mass is 35.5. The number of rotatable bonds is 3. The Labute approximate surface area is 155 Å². The number of thiazole rings is 1. The van der Waals surface area contributed by atoms with Crippen molar-refractivity contribution in [2.75, 3.05) is 5.32 Å². The minimum absolute atomic E-state index is 0.480. The van der Waals surface area contributed by atoms with Crippen molar-refractivity contribution in [1.82, 2.24) is 10.3 Å². The molecule has 122 valence electrons. The molecule has 3 rings (SSSR count). The maximum Gasteiger partial charge on any atom is 0.189 e. The van der Waals surface area contributed by atoms with Crippen LogP contribution in [0.3, 0.4) is 0 Å². The molecule has 0 spiro atoms. The van der Waals surface area contributed by atoms with Gasteiger partial charge < -0.3 is 10.6 Å². The van der Waals surface area contributed by atoms with Gasteiger partial charge in [-0.1, -0.05) is 42.5 Å². The molecule has 0 atom stereocenters. The Morgan fingerprint density at radius 3 is 2.74 bits per heavy atom. The van der Waals surface area contributed by atoms with Gasteiger partial charge in [-0.05, 0) is 43.3 Å². The van der Waals surface area contributed by atoms with E-state index < -0.39 is 0 Å². The van der Waals surface area contributed by atoms with Crippen LogP contribution >= 0.6 is 46.8 Å². The molecule has 1 saturated carbocycles. The van der Waals surface area contributed by atoms with Crippen LogP contribution in [0.15, 0.2) is 23.6 Å². The van der Waals surface area contributed by atoms with Gasteiger partial charge in [-0.15, -0.1) is 11.3 Å². The number of anilines is 1. The number of hydrogen-bond acceptors (Lipinski definition) is 3. The second-order valence-electron chi connectivity index (χ2n) is 5.60. The lowest BCUT2D eigenvalue weighted by molar-refractivity contribution is 0.415. The Balaban J connectivity index is 1.63. The number of halogens is 2. The number of thiocarbonyl (C=S) groups is 1. The molecule has 2 N–H and O–H groups in total. The van der Waals surface area contributed by atoms with Crippen molar-refractivity contribution in [2.24, 2.45) is 0 Å². The van der Waals surface area contributed by atoms with Crippen LogP contribution in [0.1, 0.15) is 32.1 Å². The third kappa shape index (κ3) is 4.57. The van der Waals surface area contributed by atoms with Gasteiger partial charge in [0.25, 0.3) is 0 Å². The molecule has 1 heterocycles. The Morgan fingerprint density at radius 1 is 1.22 bits per heavy atom. The maximum absolute atomic E-state index is 6.23. The Kier molecular flexibility index (Phi) is 5.75. The molecule has 0 bridgehead atoms. The topological polar surface area (TPSA) is 37.0 Å². The van der Waals surface area contributed by atoms with Crippen molar-refractivity contribution in [1.29, 1.82) is 0 Å². The van der Waals surface area contributed by atoms with Crippen LogP contribution in [0.5, 0.6) is 0 Å². The second-order valence-corrected chi connectivity index (χ2v) is 7.71. The fourth-order valence-corrected chi connectivity index (χ4v) is 4.27. The van der Waals surface area contributed by atoms with Gasteiger partial charge in [0, 0.05) is 22.0 Å². The van der Waals surface area contributed by atoms with Gasteiger partial charge in [0.1, 0.15) is 0 Å². The lowest BCUT2D eigenvalue weighted by Crippen LogP contribution is -2.38. The molecule has 1 fully saturated rings. The highest BCUT2D eigenvalue weighted by molar-refractivity contribution is 7.80. The zero-order chi connectivity index (χ0) is 16.2. The minimum Gasteiger partial charge on any atom is -0.360 e. The van der Waals surface area contributed by atoms with Gasteiger partial charge in [-0.2, -0.15) is 0 Å². The van der Waals surface area contributed by atoms with E-state index in [2.05, 4.69) is 15.6 Å².